The van der Waals surface area contributed by atoms with E-state index in [1.54, 1.807) is 26.2 Å². The van der Waals surface area contributed by atoms with Crippen LogP contribution in [0.15, 0.2) is 23.3 Å². The van der Waals surface area contributed by atoms with Gasteiger partial charge in [-0.1, -0.05) is 31.5 Å². The molecule has 1 amide bonds. The van der Waals surface area contributed by atoms with Crippen LogP contribution in [0.5, 0.6) is 0 Å². The van der Waals surface area contributed by atoms with Crippen LogP contribution in [0.1, 0.15) is 32.8 Å². The maximum Gasteiger partial charge on any atom is 0.407 e. The van der Waals surface area contributed by atoms with Crippen molar-refractivity contribution in [2.45, 2.75) is 39.7 Å². The average molecular weight is 512 g/mol. The number of nitrogens with zero attached hydrogens (tertiary/aromatic N) is 2. The largest absolute Gasteiger partial charge is 0.450 e. The SMILES string of the molecule is CCOC(=O)NC(CNC(=NC)NCCc1ccc(Cl)nc1)CC(C)C.I. The fraction of sp³-hybridized carbons (Fsp3) is 0.611. The van der Waals surface area contributed by atoms with E-state index in [0.29, 0.717) is 36.7 Å². The summed E-state index contributed by atoms with van der Waals surface area (Å²) in [5.41, 5.74) is 1.10. The Kier molecular flexibility index (Phi) is 14.0. The zero-order chi connectivity index (χ0) is 19.4. The molecule has 0 spiro atoms. The Morgan fingerprint density at radius 3 is 2.63 bits per heavy atom. The molecule has 0 aromatic carbocycles. The van der Waals surface area contributed by atoms with Crippen molar-refractivity contribution in [1.82, 2.24) is 20.9 Å². The van der Waals surface area contributed by atoms with E-state index >= 15 is 0 Å². The molecule has 1 heterocycles. The van der Waals surface area contributed by atoms with Crippen molar-refractivity contribution in [3.63, 3.8) is 0 Å². The Balaban J connectivity index is 0.00000676. The quantitative estimate of drug-likeness (QED) is 0.205. The number of carbonyl (C=O) groups is 1. The number of carbonyl (C=O) groups excluding carboxylic acids is 1. The smallest absolute Gasteiger partial charge is 0.407 e. The van der Waals surface area contributed by atoms with Crippen molar-refractivity contribution in [3.05, 3.63) is 29.0 Å². The Labute approximate surface area is 184 Å². The zero-order valence-corrected chi connectivity index (χ0v) is 19.5. The van der Waals surface area contributed by atoms with Gasteiger partial charge in [0, 0.05) is 32.4 Å². The van der Waals surface area contributed by atoms with Gasteiger partial charge in [0.05, 0.1) is 6.61 Å². The van der Waals surface area contributed by atoms with E-state index in [1.807, 2.05) is 6.07 Å². The van der Waals surface area contributed by atoms with E-state index in [1.165, 1.54) is 0 Å². The molecule has 27 heavy (non-hydrogen) atoms. The Morgan fingerprint density at radius 1 is 1.33 bits per heavy atom. The second-order valence-corrected chi connectivity index (χ2v) is 6.70. The number of alkyl carbamates (subject to hydrolysis) is 1. The summed E-state index contributed by atoms with van der Waals surface area (Å²) in [6.07, 6.45) is 3.03. The lowest BCUT2D eigenvalue weighted by atomic mass is 10.0. The minimum atomic E-state index is -0.391. The normalized spacial score (nSPS) is 12.1. The van der Waals surface area contributed by atoms with Gasteiger partial charge in [-0.25, -0.2) is 9.78 Å². The molecule has 0 saturated heterocycles. The molecule has 0 bridgehead atoms. The van der Waals surface area contributed by atoms with E-state index < -0.39 is 6.09 Å². The molecular formula is C18H31ClIN5O2. The molecule has 1 atom stereocenters. The first-order valence-electron chi connectivity index (χ1n) is 8.92. The number of nitrogens with one attached hydrogen (secondary N) is 3. The summed E-state index contributed by atoms with van der Waals surface area (Å²) in [7, 11) is 1.72. The second-order valence-electron chi connectivity index (χ2n) is 6.31. The summed E-state index contributed by atoms with van der Waals surface area (Å²) >= 11 is 5.79. The Morgan fingerprint density at radius 2 is 2.07 bits per heavy atom. The fourth-order valence-corrected chi connectivity index (χ4v) is 2.53. The first kappa shape index (κ1) is 25.7. The van der Waals surface area contributed by atoms with Crippen LogP contribution in [0.25, 0.3) is 0 Å². The molecular weight excluding hydrogens is 481 g/mol. The molecule has 0 aliphatic rings. The molecule has 1 aromatic rings. The molecule has 1 aromatic heterocycles. The zero-order valence-electron chi connectivity index (χ0n) is 16.4. The van der Waals surface area contributed by atoms with Crippen molar-refractivity contribution in [2.24, 2.45) is 10.9 Å². The highest BCUT2D eigenvalue weighted by molar-refractivity contribution is 14.0. The molecule has 0 radical (unpaired) electrons. The first-order chi connectivity index (χ1) is 12.4. The number of guanidine groups is 1. The van der Waals surface area contributed by atoms with Crippen LogP contribution in [0, 0.1) is 5.92 Å². The van der Waals surface area contributed by atoms with Gasteiger partial charge in [-0.15, -0.1) is 24.0 Å². The van der Waals surface area contributed by atoms with E-state index in [2.05, 4.69) is 39.8 Å². The first-order valence-corrected chi connectivity index (χ1v) is 9.30. The molecule has 0 aliphatic heterocycles. The van der Waals surface area contributed by atoms with E-state index in [9.17, 15) is 4.79 Å². The van der Waals surface area contributed by atoms with Gasteiger partial charge in [-0.3, -0.25) is 4.99 Å². The maximum atomic E-state index is 11.7. The van der Waals surface area contributed by atoms with Crippen LogP contribution in [0.3, 0.4) is 0 Å². The third-order valence-corrected chi connectivity index (χ3v) is 3.81. The lowest BCUT2D eigenvalue weighted by Crippen LogP contribution is -2.48. The summed E-state index contributed by atoms with van der Waals surface area (Å²) in [5.74, 6) is 1.14. The Hall–Kier alpha value is -1.29. The van der Waals surface area contributed by atoms with Crippen LogP contribution in [0.4, 0.5) is 4.79 Å². The number of hydrogen-bond donors (Lipinski definition) is 3. The molecule has 7 nitrogen and oxygen atoms in total. The number of ether oxygens (including phenoxy) is 1. The number of aromatic nitrogens is 1. The highest BCUT2D eigenvalue weighted by Crippen LogP contribution is 2.06. The van der Waals surface area contributed by atoms with Crippen LogP contribution < -0.4 is 16.0 Å². The van der Waals surface area contributed by atoms with Crippen molar-refractivity contribution in [1.29, 1.82) is 0 Å². The summed E-state index contributed by atoms with van der Waals surface area (Å²) in [6.45, 7) is 7.66. The summed E-state index contributed by atoms with van der Waals surface area (Å²) in [4.78, 5) is 20.0. The van der Waals surface area contributed by atoms with Gasteiger partial charge in [0.2, 0.25) is 0 Å². The van der Waals surface area contributed by atoms with Gasteiger partial charge in [0.1, 0.15) is 5.15 Å². The van der Waals surface area contributed by atoms with Crippen molar-refractivity contribution in [3.8, 4) is 0 Å². The number of hydrogen-bond acceptors (Lipinski definition) is 4. The van der Waals surface area contributed by atoms with Crippen LogP contribution in [-0.2, 0) is 11.2 Å². The van der Waals surface area contributed by atoms with E-state index in [-0.39, 0.29) is 30.0 Å². The van der Waals surface area contributed by atoms with Gasteiger partial charge in [-0.2, -0.15) is 0 Å². The summed E-state index contributed by atoms with van der Waals surface area (Å²) < 4.78 is 4.97. The van der Waals surface area contributed by atoms with Crippen molar-refractivity contribution in [2.75, 3.05) is 26.7 Å². The third-order valence-electron chi connectivity index (χ3n) is 3.59. The molecule has 1 rings (SSSR count). The van der Waals surface area contributed by atoms with Crippen molar-refractivity contribution >= 4 is 47.6 Å². The minimum Gasteiger partial charge on any atom is -0.450 e. The number of amides is 1. The number of halogens is 2. The molecule has 9 heteroatoms. The standard InChI is InChI=1S/C18H30ClN5O2.HI/c1-5-26-18(25)24-15(10-13(2)3)12-23-17(20-4)21-9-8-14-6-7-16(19)22-11-14;/h6-7,11,13,15H,5,8-10,12H2,1-4H3,(H,24,25)(H2,20,21,23);1H. The average Bonchev–Trinajstić information content (AvgIpc) is 2.59. The highest BCUT2D eigenvalue weighted by atomic mass is 127. The topological polar surface area (TPSA) is 87.6 Å². The molecule has 3 N–H and O–H groups in total. The number of aliphatic imine (C=N–C) groups is 1. The molecule has 0 aliphatic carbocycles. The van der Waals surface area contributed by atoms with Gasteiger partial charge < -0.3 is 20.7 Å². The number of rotatable bonds is 9. The fourth-order valence-electron chi connectivity index (χ4n) is 2.42. The molecule has 0 saturated carbocycles. The molecule has 1 unspecified atom stereocenters. The van der Waals surface area contributed by atoms with Crippen LogP contribution >= 0.6 is 35.6 Å². The Bertz CT molecular complexity index is 569. The van der Waals surface area contributed by atoms with Gasteiger partial charge >= 0.3 is 6.09 Å². The summed E-state index contributed by atoms with van der Waals surface area (Å²) in [6, 6.07) is 3.70. The second kappa shape index (κ2) is 14.7. The predicted molar refractivity (Wildman–Crippen MR) is 121 cm³/mol. The van der Waals surface area contributed by atoms with Gasteiger partial charge in [0.15, 0.2) is 5.96 Å². The maximum absolute atomic E-state index is 11.7. The van der Waals surface area contributed by atoms with Crippen LogP contribution in [-0.4, -0.2) is 49.8 Å². The van der Waals surface area contributed by atoms with Gasteiger partial charge in [-0.05, 0) is 37.3 Å². The van der Waals surface area contributed by atoms with Crippen LogP contribution in [0.2, 0.25) is 5.15 Å². The highest BCUT2D eigenvalue weighted by Gasteiger charge is 2.15. The lowest BCUT2D eigenvalue weighted by molar-refractivity contribution is 0.146. The number of pyridine rings is 1. The molecule has 154 valence electrons. The predicted octanol–water partition coefficient (Wildman–Crippen LogP) is 3.22. The molecule has 0 fully saturated rings. The van der Waals surface area contributed by atoms with Gasteiger partial charge in [0.25, 0.3) is 0 Å². The monoisotopic (exact) mass is 511 g/mol. The van der Waals surface area contributed by atoms with E-state index in [4.69, 9.17) is 16.3 Å². The third kappa shape index (κ3) is 11.9. The van der Waals surface area contributed by atoms with Crippen molar-refractivity contribution < 1.29 is 9.53 Å². The minimum absolute atomic E-state index is 0. The van der Waals surface area contributed by atoms with E-state index in [0.717, 1.165) is 18.4 Å². The lowest BCUT2D eigenvalue weighted by Gasteiger charge is -2.22. The summed E-state index contributed by atoms with van der Waals surface area (Å²) in [5, 5.41) is 9.88.